The number of fused-ring (bicyclic) bond motifs is 2. The molecule has 2 aromatic heterocycles. The van der Waals surface area contributed by atoms with Crippen LogP contribution < -0.4 is 10.9 Å². The molecule has 130 valence electrons. The van der Waals surface area contributed by atoms with Crippen LogP contribution >= 0.6 is 0 Å². The summed E-state index contributed by atoms with van der Waals surface area (Å²) in [5.74, 6) is -0.481. The summed E-state index contributed by atoms with van der Waals surface area (Å²) in [6.45, 7) is 0.397. The van der Waals surface area contributed by atoms with Crippen molar-refractivity contribution in [1.29, 1.82) is 0 Å². The molecule has 6 heteroatoms. The molecular formula is C20H16N2O4. The predicted octanol–water partition coefficient (Wildman–Crippen LogP) is 2.95. The first-order valence-corrected chi connectivity index (χ1v) is 8.22. The van der Waals surface area contributed by atoms with Gasteiger partial charge in [0.15, 0.2) is 0 Å². The van der Waals surface area contributed by atoms with Gasteiger partial charge in [-0.05, 0) is 36.2 Å². The summed E-state index contributed by atoms with van der Waals surface area (Å²) in [5.41, 5.74) is 1.61. The number of aromatic amines is 1. The molecule has 0 bridgehead atoms. The summed E-state index contributed by atoms with van der Waals surface area (Å²) in [7, 11) is 0. The zero-order chi connectivity index (χ0) is 18.1. The van der Waals surface area contributed by atoms with Crippen LogP contribution in [0.25, 0.3) is 21.9 Å². The van der Waals surface area contributed by atoms with Crippen molar-refractivity contribution >= 4 is 27.8 Å². The fraction of sp³-hybridized carbons (Fsp3) is 0.100. The largest absolute Gasteiger partial charge is 0.508 e. The number of rotatable bonds is 4. The second-order valence-corrected chi connectivity index (χ2v) is 6.04. The molecular weight excluding hydrogens is 332 g/mol. The van der Waals surface area contributed by atoms with Crippen LogP contribution in [0.3, 0.4) is 0 Å². The van der Waals surface area contributed by atoms with Gasteiger partial charge in [-0.1, -0.05) is 18.2 Å². The Balaban J connectivity index is 1.50. The number of phenolic OH excluding ortho intramolecular Hbond substituents is 1. The van der Waals surface area contributed by atoms with Gasteiger partial charge in [-0.3, -0.25) is 4.79 Å². The van der Waals surface area contributed by atoms with Crippen molar-refractivity contribution in [1.82, 2.24) is 10.3 Å². The summed E-state index contributed by atoms with van der Waals surface area (Å²) >= 11 is 0. The SMILES string of the molecule is O=C(NCCc1c[nH]c2ccccc12)c1cc2ccc(O)cc2oc1=O. The molecule has 3 N–H and O–H groups in total. The van der Waals surface area contributed by atoms with E-state index in [-0.39, 0.29) is 16.9 Å². The van der Waals surface area contributed by atoms with Gasteiger partial charge in [-0.25, -0.2) is 4.79 Å². The standard InChI is InChI=1S/C20H16N2O4/c23-14-6-5-12-9-16(20(25)26-18(12)10-14)19(24)21-8-7-13-11-22-17-4-2-1-3-15(13)17/h1-6,9-11,22-23H,7-8H2,(H,21,24). The quantitative estimate of drug-likeness (QED) is 0.494. The van der Waals surface area contributed by atoms with Gasteiger partial charge in [0, 0.05) is 35.1 Å². The van der Waals surface area contributed by atoms with Crippen molar-refractivity contribution in [3.63, 3.8) is 0 Å². The van der Waals surface area contributed by atoms with Crippen LogP contribution in [0, 0.1) is 0 Å². The first-order valence-electron chi connectivity index (χ1n) is 8.22. The molecule has 26 heavy (non-hydrogen) atoms. The van der Waals surface area contributed by atoms with Gasteiger partial charge in [0.05, 0.1) is 0 Å². The molecule has 0 saturated heterocycles. The van der Waals surface area contributed by atoms with Crippen LogP contribution in [-0.2, 0) is 6.42 Å². The lowest BCUT2D eigenvalue weighted by molar-refractivity contribution is 0.0950. The summed E-state index contributed by atoms with van der Waals surface area (Å²) < 4.78 is 5.12. The Labute approximate surface area is 148 Å². The van der Waals surface area contributed by atoms with Gasteiger partial charge in [-0.2, -0.15) is 0 Å². The lowest BCUT2D eigenvalue weighted by Crippen LogP contribution is -2.29. The van der Waals surface area contributed by atoms with Gasteiger partial charge in [-0.15, -0.1) is 0 Å². The molecule has 0 atom stereocenters. The van der Waals surface area contributed by atoms with Gasteiger partial charge in [0.25, 0.3) is 5.91 Å². The van der Waals surface area contributed by atoms with Crippen molar-refractivity contribution in [3.05, 3.63) is 76.3 Å². The first-order chi connectivity index (χ1) is 12.6. The van der Waals surface area contributed by atoms with Gasteiger partial charge in [0.2, 0.25) is 0 Å². The van der Waals surface area contributed by atoms with E-state index in [2.05, 4.69) is 10.3 Å². The Morgan fingerprint density at radius 3 is 2.88 bits per heavy atom. The molecule has 2 heterocycles. The third-order valence-electron chi connectivity index (χ3n) is 4.32. The van der Waals surface area contributed by atoms with Gasteiger partial charge >= 0.3 is 5.63 Å². The number of carbonyl (C=O) groups excluding carboxylic acids is 1. The zero-order valence-corrected chi connectivity index (χ0v) is 13.8. The summed E-state index contributed by atoms with van der Waals surface area (Å²) in [5, 5.41) is 13.9. The summed E-state index contributed by atoms with van der Waals surface area (Å²) in [6.07, 6.45) is 2.57. The second kappa shape index (κ2) is 6.40. The number of aromatic nitrogens is 1. The number of aromatic hydroxyl groups is 1. The fourth-order valence-electron chi connectivity index (χ4n) is 3.00. The van der Waals surface area contributed by atoms with E-state index >= 15 is 0 Å². The molecule has 0 spiro atoms. The van der Waals surface area contributed by atoms with Crippen LogP contribution in [0.5, 0.6) is 5.75 Å². The van der Waals surface area contributed by atoms with Crippen molar-refractivity contribution in [2.75, 3.05) is 6.54 Å². The molecule has 0 unspecified atom stereocenters. The monoisotopic (exact) mass is 348 g/mol. The number of hydrogen-bond donors (Lipinski definition) is 3. The van der Waals surface area contributed by atoms with Crippen LogP contribution in [0.4, 0.5) is 0 Å². The van der Waals surface area contributed by atoms with E-state index < -0.39 is 11.5 Å². The van der Waals surface area contributed by atoms with Gasteiger partial charge in [0.1, 0.15) is 16.9 Å². The van der Waals surface area contributed by atoms with E-state index in [1.54, 1.807) is 6.07 Å². The van der Waals surface area contributed by atoms with Crippen molar-refractivity contribution in [2.45, 2.75) is 6.42 Å². The zero-order valence-electron chi connectivity index (χ0n) is 13.8. The lowest BCUT2D eigenvalue weighted by Gasteiger charge is -2.05. The topological polar surface area (TPSA) is 95.3 Å². The van der Waals surface area contributed by atoms with E-state index in [4.69, 9.17) is 4.42 Å². The van der Waals surface area contributed by atoms with Gasteiger partial charge < -0.3 is 19.8 Å². The van der Waals surface area contributed by atoms with Crippen LogP contribution in [-0.4, -0.2) is 22.5 Å². The highest BCUT2D eigenvalue weighted by Gasteiger charge is 2.14. The molecule has 4 rings (SSSR count). The number of hydrogen-bond acceptors (Lipinski definition) is 4. The van der Waals surface area contributed by atoms with Crippen molar-refractivity contribution in [3.8, 4) is 5.75 Å². The third-order valence-corrected chi connectivity index (χ3v) is 4.32. The third kappa shape index (κ3) is 2.93. The van der Waals surface area contributed by atoms with E-state index in [0.29, 0.717) is 18.4 Å². The Morgan fingerprint density at radius 2 is 2.00 bits per heavy atom. The van der Waals surface area contributed by atoms with E-state index in [1.807, 2.05) is 30.5 Å². The Kier molecular flexibility index (Phi) is 3.93. The minimum atomic E-state index is -0.729. The van der Waals surface area contributed by atoms with Crippen molar-refractivity contribution < 1.29 is 14.3 Å². The van der Waals surface area contributed by atoms with Crippen LogP contribution in [0.2, 0.25) is 0 Å². The summed E-state index contributed by atoms with van der Waals surface area (Å²) in [6, 6.07) is 13.8. The van der Waals surface area contributed by atoms with E-state index in [9.17, 15) is 14.7 Å². The fourth-order valence-corrected chi connectivity index (χ4v) is 3.00. The number of carbonyl (C=O) groups is 1. The lowest BCUT2D eigenvalue weighted by atomic mass is 10.1. The molecule has 0 aliphatic heterocycles. The Morgan fingerprint density at radius 1 is 1.15 bits per heavy atom. The Hall–Kier alpha value is -3.54. The highest BCUT2D eigenvalue weighted by Crippen LogP contribution is 2.19. The molecule has 4 aromatic rings. The number of benzene rings is 2. The minimum absolute atomic E-state index is 0.00317. The molecule has 1 amide bonds. The first kappa shape index (κ1) is 16.0. The van der Waals surface area contributed by atoms with Crippen LogP contribution in [0.1, 0.15) is 15.9 Å². The average Bonchev–Trinajstić information content (AvgIpc) is 3.04. The molecule has 0 saturated carbocycles. The number of nitrogens with one attached hydrogen (secondary N) is 2. The molecule has 0 radical (unpaired) electrons. The molecule has 0 aliphatic carbocycles. The molecule has 0 fully saturated rings. The highest BCUT2D eigenvalue weighted by molar-refractivity contribution is 5.96. The number of amides is 1. The predicted molar refractivity (Wildman–Crippen MR) is 98.5 cm³/mol. The van der Waals surface area contributed by atoms with Crippen LogP contribution in [0.15, 0.2) is 63.9 Å². The number of H-pyrrole nitrogens is 1. The molecule has 0 aliphatic rings. The number of phenols is 1. The smallest absolute Gasteiger partial charge is 0.349 e. The Bertz CT molecular complexity index is 1170. The highest BCUT2D eigenvalue weighted by atomic mass is 16.4. The summed E-state index contributed by atoms with van der Waals surface area (Å²) in [4.78, 5) is 27.6. The van der Waals surface area contributed by atoms with E-state index in [1.165, 1.54) is 18.2 Å². The number of para-hydroxylation sites is 1. The maximum atomic E-state index is 12.3. The van der Waals surface area contributed by atoms with E-state index in [0.717, 1.165) is 16.5 Å². The second-order valence-electron chi connectivity index (χ2n) is 6.04. The average molecular weight is 348 g/mol. The maximum Gasteiger partial charge on any atom is 0.349 e. The molecule has 6 nitrogen and oxygen atoms in total. The normalized spacial score (nSPS) is 11.1. The maximum absolute atomic E-state index is 12.3. The minimum Gasteiger partial charge on any atom is -0.508 e. The molecule has 2 aromatic carbocycles. The van der Waals surface area contributed by atoms with Crippen molar-refractivity contribution in [2.24, 2.45) is 0 Å².